The number of carbonyl (C=O) groups excluding carboxylic acids is 2. The Labute approximate surface area is 359 Å². The lowest BCUT2D eigenvalue weighted by molar-refractivity contribution is -0.297. The third-order valence-electron chi connectivity index (χ3n) is 20.7. The minimum Gasteiger partial charge on any atom is -0.393 e. The van der Waals surface area contributed by atoms with Crippen LogP contribution in [0.15, 0.2) is 0 Å². The Morgan fingerprint density at radius 1 is 0.456 bits per heavy atom. The van der Waals surface area contributed by atoms with Crippen LogP contribution in [-0.2, 0) is 14.3 Å². The molecule has 0 amide bonds. The molecule has 2 atom stereocenters. The molecule has 0 aromatic carbocycles. The zero-order valence-electron chi connectivity index (χ0n) is 42.4. The van der Waals surface area contributed by atoms with E-state index >= 15 is 0 Å². The lowest BCUT2D eigenvalue weighted by atomic mass is 9.26. The molecule has 0 bridgehead atoms. The Kier molecular flexibility index (Phi) is 21.7. The summed E-state index contributed by atoms with van der Waals surface area (Å²) >= 11 is 0. The highest BCUT2D eigenvalue weighted by Gasteiger charge is 2.76. The lowest BCUT2D eigenvalue weighted by Crippen LogP contribution is -2.71. The summed E-state index contributed by atoms with van der Waals surface area (Å²) in [5.41, 5.74) is -0.0635. The van der Waals surface area contributed by atoms with Gasteiger partial charge in [-0.15, -0.1) is 0 Å². The number of unbranched alkanes of at least 4 members (excludes halogenated alkanes) is 3. The van der Waals surface area contributed by atoms with E-state index in [-0.39, 0.29) is 67.6 Å². The van der Waals surface area contributed by atoms with E-state index in [9.17, 15) is 9.59 Å². The van der Waals surface area contributed by atoms with Crippen LogP contribution in [-0.4, -0.2) is 11.9 Å². The van der Waals surface area contributed by atoms with Crippen molar-refractivity contribution in [2.75, 3.05) is 0 Å². The first-order valence-corrected chi connectivity index (χ1v) is 25.9. The van der Waals surface area contributed by atoms with Crippen LogP contribution in [0.4, 0.5) is 0 Å². The number of rotatable bonds is 32. The lowest BCUT2D eigenvalue weighted by Gasteiger charge is -2.78. The molecule has 1 aliphatic rings. The Hall–Kier alpha value is -0.860. The molecular weight excluding hydrogens is 697 g/mol. The Morgan fingerprint density at radius 2 is 0.825 bits per heavy atom. The normalized spacial score (nSPS) is 17.4. The molecule has 0 radical (unpaired) electrons. The van der Waals surface area contributed by atoms with Crippen molar-refractivity contribution in [3.8, 4) is 0 Å². The largest absolute Gasteiger partial charge is 0.393 e. The van der Waals surface area contributed by atoms with Crippen molar-refractivity contribution < 1.29 is 14.3 Å². The Balaban J connectivity index is 4.79. The molecular formula is C54H104O3. The summed E-state index contributed by atoms with van der Waals surface area (Å²) in [5.74, 6) is -0.185. The van der Waals surface area contributed by atoms with Crippen molar-refractivity contribution in [2.24, 2.45) is 55.2 Å². The van der Waals surface area contributed by atoms with Crippen LogP contribution in [0.3, 0.4) is 0 Å². The van der Waals surface area contributed by atoms with Crippen LogP contribution in [0.1, 0.15) is 279 Å². The predicted octanol–water partition coefficient (Wildman–Crippen LogP) is 17.9. The van der Waals surface area contributed by atoms with Crippen LogP contribution in [0.5, 0.6) is 0 Å². The smallest absolute Gasteiger partial charge is 0.317 e. The van der Waals surface area contributed by atoms with Gasteiger partial charge in [0, 0.05) is 0 Å². The van der Waals surface area contributed by atoms with Crippen LogP contribution in [0, 0.1) is 55.2 Å². The molecule has 0 aliphatic carbocycles. The maximum Gasteiger partial charge on any atom is 0.317 e. The molecule has 2 unspecified atom stereocenters. The van der Waals surface area contributed by atoms with Crippen LogP contribution < -0.4 is 0 Å². The molecule has 1 saturated heterocycles. The second-order valence-corrected chi connectivity index (χ2v) is 19.5. The van der Waals surface area contributed by atoms with Gasteiger partial charge in [-0.1, -0.05) is 163 Å². The zero-order chi connectivity index (χ0) is 44.0. The molecule has 0 spiro atoms. The zero-order valence-corrected chi connectivity index (χ0v) is 42.4. The standard InChI is InChI=1S/C54H104O3/c1-19-37-38-39-40-43(20-2)42-47(21-3,22-4)49(25-7,26-8)51(29-11,30-12)53(33-15,34-16)54(35-17,36-18)52(31-13,32-14)50(27-9,28-10)48(23-5,24-6)44-41-45(55)57-46(44)56/h43-44H,19-42H2,1-18H3. The number of hydrogen-bond acceptors (Lipinski definition) is 3. The fourth-order valence-electron chi connectivity index (χ4n) is 18.5. The minimum absolute atomic E-state index is 0.0136. The predicted molar refractivity (Wildman–Crippen MR) is 250 cm³/mol. The number of ether oxygens (including phenoxy) is 1. The van der Waals surface area contributed by atoms with Crippen LogP contribution in [0.2, 0.25) is 0 Å². The van der Waals surface area contributed by atoms with Gasteiger partial charge in [0.25, 0.3) is 0 Å². The van der Waals surface area contributed by atoms with Crippen molar-refractivity contribution in [1.82, 2.24) is 0 Å². The molecule has 1 rings (SSSR count). The Morgan fingerprint density at radius 3 is 1.11 bits per heavy atom. The molecule has 0 aromatic rings. The molecule has 1 aliphatic heterocycles. The summed E-state index contributed by atoms with van der Waals surface area (Å²) in [6.07, 6.45) is 27.6. The molecule has 3 heteroatoms. The van der Waals surface area contributed by atoms with Gasteiger partial charge in [-0.3, -0.25) is 9.59 Å². The summed E-state index contributed by atoms with van der Waals surface area (Å²) in [7, 11) is 0. The molecule has 0 aromatic heterocycles. The van der Waals surface area contributed by atoms with Crippen molar-refractivity contribution >= 4 is 11.9 Å². The van der Waals surface area contributed by atoms with Crippen molar-refractivity contribution in [3.05, 3.63) is 0 Å². The number of cyclic esters (lactones) is 2. The van der Waals surface area contributed by atoms with E-state index in [0.717, 1.165) is 57.3 Å². The highest BCUT2D eigenvalue weighted by Crippen LogP contribution is 2.82. The van der Waals surface area contributed by atoms with E-state index in [4.69, 9.17) is 4.74 Å². The maximum absolute atomic E-state index is 14.0. The number of hydrogen-bond donors (Lipinski definition) is 0. The average molecular weight is 801 g/mol. The van der Waals surface area contributed by atoms with E-state index in [1.807, 2.05) is 0 Å². The Bertz CT molecular complexity index is 1150. The summed E-state index contributed by atoms with van der Waals surface area (Å²) in [6.45, 7) is 45.5. The monoisotopic (exact) mass is 801 g/mol. The quantitative estimate of drug-likeness (QED) is 0.0387. The third kappa shape index (κ3) is 7.82. The first-order chi connectivity index (χ1) is 27.1. The number of carbonyl (C=O) groups is 2. The van der Waals surface area contributed by atoms with Gasteiger partial charge in [-0.05, 0) is 158 Å². The van der Waals surface area contributed by atoms with Gasteiger partial charge in [-0.25, -0.2) is 0 Å². The average Bonchev–Trinajstić information content (AvgIpc) is 3.60. The summed E-state index contributed by atoms with van der Waals surface area (Å²) in [5, 5.41) is 0. The minimum atomic E-state index is -0.384. The van der Waals surface area contributed by atoms with Crippen molar-refractivity contribution in [3.63, 3.8) is 0 Å². The molecule has 57 heavy (non-hydrogen) atoms. The second kappa shape index (κ2) is 22.8. The maximum atomic E-state index is 14.0. The van der Waals surface area contributed by atoms with Crippen LogP contribution >= 0.6 is 0 Å². The second-order valence-electron chi connectivity index (χ2n) is 19.5. The van der Waals surface area contributed by atoms with Crippen molar-refractivity contribution in [1.29, 1.82) is 0 Å². The summed E-state index contributed by atoms with van der Waals surface area (Å²) in [4.78, 5) is 27.1. The molecule has 3 nitrogen and oxygen atoms in total. The van der Waals surface area contributed by atoms with Gasteiger partial charge in [-0.2, -0.15) is 0 Å². The van der Waals surface area contributed by atoms with Gasteiger partial charge in [0.1, 0.15) is 0 Å². The third-order valence-corrected chi connectivity index (χ3v) is 20.7. The summed E-state index contributed by atoms with van der Waals surface area (Å²) in [6, 6.07) is 0. The van der Waals surface area contributed by atoms with Gasteiger partial charge in [0.05, 0.1) is 12.3 Å². The van der Waals surface area contributed by atoms with Gasteiger partial charge < -0.3 is 4.74 Å². The summed E-state index contributed by atoms with van der Waals surface area (Å²) < 4.78 is 5.52. The van der Waals surface area contributed by atoms with E-state index in [0.29, 0.717) is 0 Å². The topological polar surface area (TPSA) is 43.4 Å². The van der Waals surface area contributed by atoms with E-state index in [2.05, 4.69) is 125 Å². The van der Waals surface area contributed by atoms with E-state index < -0.39 is 0 Å². The SMILES string of the molecule is CCCCCCC(CC)CC(CC)(CC)C(CC)(CC)C(CC)(CC)C(CC)(CC)C(CC)(CC)C(CC)(CC)C(CC)(CC)C(CC)(CC)C1CC(=O)OC1=O. The van der Waals surface area contributed by atoms with E-state index in [1.165, 1.54) is 96.3 Å². The fraction of sp³-hybridized carbons (Fsp3) is 0.963. The van der Waals surface area contributed by atoms with E-state index in [1.54, 1.807) is 0 Å². The van der Waals surface area contributed by atoms with Gasteiger partial charge >= 0.3 is 11.9 Å². The van der Waals surface area contributed by atoms with Gasteiger partial charge in [0.15, 0.2) is 0 Å². The molecule has 1 heterocycles. The molecule has 0 saturated carbocycles. The highest BCUT2D eigenvalue weighted by atomic mass is 16.6. The molecule has 338 valence electrons. The number of esters is 2. The van der Waals surface area contributed by atoms with Crippen LogP contribution in [0.25, 0.3) is 0 Å². The van der Waals surface area contributed by atoms with Crippen molar-refractivity contribution in [2.45, 2.75) is 279 Å². The van der Waals surface area contributed by atoms with Gasteiger partial charge in [0.2, 0.25) is 0 Å². The first-order valence-electron chi connectivity index (χ1n) is 25.9. The molecule has 0 N–H and O–H groups in total. The molecule has 1 fully saturated rings. The fourth-order valence-corrected chi connectivity index (χ4v) is 18.5. The first kappa shape index (κ1) is 54.2. The highest BCUT2D eigenvalue weighted by molar-refractivity contribution is 5.95.